The summed E-state index contributed by atoms with van der Waals surface area (Å²) in [5.74, 6) is -1.77. The highest BCUT2D eigenvalue weighted by atomic mass is 19.4. The fraction of sp³-hybridized carbons (Fsp3) is 0.643. The van der Waals surface area contributed by atoms with E-state index in [1.807, 2.05) is 25.1 Å². The van der Waals surface area contributed by atoms with E-state index in [4.69, 9.17) is 4.74 Å². The summed E-state index contributed by atoms with van der Waals surface area (Å²) in [6.07, 6.45) is -1.82. The molecule has 0 bridgehead atoms. The number of nitrogens with one attached hydrogen (secondary N) is 1. The molecule has 1 aromatic rings. The largest absolute Gasteiger partial charge is 0.429 e. The second-order valence-corrected chi connectivity index (χ2v) is 11.1. The van der Waals surface area contributed by atoms with Crippen molar-refractivity contribution in [1.29, 1.82) is 0 Å². The third-order valence-electron chi connectivity index (χ3n) is 8.32. The summed E-state index contributed by atoms with van der Waals surface area (Å²) >= 11 is 0. The number of hydrazine groups is 1. The Labute approximate surface area is 227 Å². The van der Waals surface area contributed by atoms with Crippen LogP contribution in [-0.2, 0) is 9.53 Å². The van der Waals surface area contributed by atoms with E-state index in [0.29, 0.717) is 43.3 Å². The van der Waals surface area contributed by atoms with Crippen molar-refractivity contribution in [3.63, 3.8) is 0 Å². The molecule has 3 unspecified atom stereocenters. The van der Waals surface area contributed by atoms with Crippen LogP contribution in [0.2, 0.25) is 0 Å². The maximum Gasteiger partial charge on any atom is 0.416 e. The van der Waals surface area contributed by atoms with Gasteiger partial charge >= 0.3 is 12.3 Å². The van der Waals surface area contributed by atoms with Gasteiger partial charge in [0.2, 0.25) is 5.91 Å². The van der Waals surface area contributed by atoms with E-state index in [2.05, 4.69) is 17.0 Å². The first-order chi connectivity index (χ1) is 18.6. The van der Waals surface area contributed by atoms with Crippen LogP contribution in [0.15, 0.2) is 30.9 Å². The first kappa shape index (κ1) is 27.9. The molecule has 8 nitrogen and oxygen atoms in total. The maximum atomic E-state index is 14.0. The van der Waals surface area contributed by atoms with Gasteiger partial charge in [0.25, 0.3) is 0 Å². The van der Waals surface area contributed by atoms with E-state index < -0.39 is 30.5 Å². The molecule has 4 atom stereocenters. The Bertz CT molecular complexity index is 1090. The Kier molecular flexibility index (Phi) is 7.94. The number of nitrogens with zero attached hydrogens (tertiary/aromatic N) is 4. The number of carbonyl (C=O) groups excluding carboxylic acids is 2. The number of amides is 2. The van der Waals surface area contributed by atoms with E-state index in [0.717, 1.165) is 18.7 Å². The molecule has 5 rings (SSSR count). The van der Waals surface area contributed by atoms with Gasteiger partial charge in [0.1, 0.15) is 5.92 Å². The number of piperidine rings is 1. The number of rotatable bonds is 6. The minimum Gasteiger partial charge on any atom is -0.429 e. The number of fused-ring (bicyclic) bond motifs is 1. The number of hydrogen-bond donors (Lipinski definition) is 1. The van der Waals surface area contributed by atoms with Gasteiger partial charge in [-0.25, -0.2) is 9.80 Å². The van der Waals surface area contributed by atoms with Gasteiger partial charge in [0.15, 0.2) is 6.23 Å². The minimum atomic E-state index is -4.48. The summed E-state index contributed by atoms with van der Waals surface area (Å²) in [7, 11) is 0. The number of likely N-dealkylation sites (tertiary alicyclic amines) is 1. The second-order valence-electron chi connectivity index (χ2n) is 11.1. The van der Waals surface area contributed by atoms with Gasteiger partial charge in [-0.05, 0) is 49.8 Å². The summed E-state index contributed by atoms with van der Waals surface area (Å²) in [5, 5.41) is 2.26. The predicted molar refractivity (Wildman–Crippen MR) is 142 cm³/mol. The highest BCUT2D eigenvalue weighted by Gasteiger charge is 2.51. The van der Waals surface area contributed by atoms with Crippen LogP contribution in [0.4, 0.5) is 29.3 Å². The molecule has 1 N–H and O–H groups in total. The zero-order chi connectivity index (χ0) is 27.9. The van der Waals surface area contributed by atoms with Crippen molar-refractivity contribution in [3.05, 3.63) is 36.4 Å². The topological polar surface area (TPSA) is 68.4 Å². The molecule has 1 aromatic carbocycles. The lowest BCUT2D eigenvalue weighted by molar-refractivity contribution is -0.233. The van der Waals surface area contributed by atoms with Crippen LogP contribution in [0.1, 0.15) is 57.4 Å². The van der Waals surface area contributed by atoms with E-state index in [1.54, 1.807) is 15.9 Å². The summed E-state index contributed by atoms with van der Waals surface area (Å²) in [5.41, 5.74) is 5.44. The van der Waals surface area contributed by atoms with E-state index in [-0.39, 0.29) is 24.8 Å². The maximum absolute atomic E-state index is 14.0. The standard InChI is InChI=1S/C28H38F3N5O3/c1-4-12-33-13-6-7-23(28(29,30)31)26(33)39-27(38)34-17-21(5-2)36(18(3)37)24-11-8-19(14-25(24)34)20-15-32-35(16-20)22-9-10-22/h5,8,11,14,20-23,26,32H,2,4,6-7,9-10,12-13,15-17H2,1,3H3/t20?,21-,23?,26?/m0/s1. The Balaban J connectivity index is 1.47. The van der Waals surface area contributed by atoms with Gasteiger partial charge in [-0.3, -0.25) is 20.0 Å². The quantitative estimate of drug-likeness (QED) is 0.522. The molecule has 1 saturated carbocycles. The first-order valence-electron chi connectivity index (χ1n) is 14.0. The Hall–Kier alpha value is -2.63. The lowest BCUT2D eigenvalue weighted by Gasteiger charge is -2.44. The highest BCUT2D eigenvalue weighted by molar-refractivity contribution is 6.02. The molecule has 1 aliphatic carbocycles. The summed E-state index contributed by atoms with van der Waals surface area (Å²) in [4.78, 5) is 31.0. The van der Waals surface area contributed by atoms with Crippen molar-refractivity contribution in [1.82, 2.24) is 15.3 Å². The van der Waals surface area contributed by atoms with Crippen LogP contribution < -0.4 is 15.2 Å². The van der Waals surface area contributed by atoms with Gasteiger partial charge in [-0.2, -0.15) is 13.2 Å². The average Bonchev–Trinajstić information content (AvgIpc) is 3.63. The van der Waals surface area contributed by atoms with Gasteiger partial charge in [0.05, 0.1) is 24.0 Å². The Morgan fingerprint density at radius 1 is 1.18 bits per heavy atom. The molecule has 2 saturated heterocycles. The van der Waals surface area contributed by atoms with Crippen LogP contribution in [0.25, 0.3) is 0 Å². The summed E-state index contributed by atoms with van der Waals surface area (Å²) < 4.78 is 47.8. The molecule has 3 aliphatic heterocycles. The number of halogens is 3. The number of anilines is 2. The SMILES string of the molecule is C=C[C@H]1CN(C(=O)OC2C(C(F)(F)F)CCCN2CCC)c2cc(C3CNN(C4CC4)C3)ccc2N1C(C)=O. The third kappa shape index (κ3) is 5.67. The lowest BCUT2D eigenvalue weighted by Crippen LogP contribution is -2.56. The molecule has 214 valence electrons. The molecule has 4 aliphatic rings. The van der Waals surface area contributed by atoms with E-state index >= 15 is 0 Å². The Morgan fingerprint density at radius 2 is 1.95 bits per heavy atom. The second kappa shape index (κ2) is 11.1. The van der Waals surface area contributed by atoms with E-state index in [9.17, 15) is 22.8 Å². The predicted octanol–water partition coefficient (Wildman–Crippen LogP) is 4.63. The monoisotopic (exact) mass is 549 g/mol. The van der Waals surface area contributed by atoms with Crippen molar-refractivity contribution in [2.45, 2.75) is 76.4 Å². The number of hydrogen-bond acceptors (Lipinski definition) is 6. The van der Waals surface area contributed by atoms with Gasteiger partial charge in [-0.15, -0.1) is 6.58 Å². The molecule has 0 spiro atoms. The van der Waals surface area contributed by atoms with Crippen LogP contribution in [0.5, 0.6) is 0 Å². The molecule has 3 heterocycles. The van der Waals surface area contributed by atoms with E-state index in [1.165, 1.54) is 24.7 Å². The molecule has 2 amide bonds. The normalized spacial score (nSPS) is 28.3. The minimum absolute atomic E-state index is 0.0483. The van der Waals surface area contributed by atoms with Crippen LogP contribution >= 0.6 is 0 Å². The van der Waals surface area contributed by atoms with Gasteiger partial charge in [0, 0.05) is 45.1 Å². The molecule has 39 heavy (non-hydrogen) atoms. The zero-order valence-electron chi connectivity index (χ0n) is 22.6. The van der Waals surface area contributed by atoms with Crippen molar-refractivity contribution >= 4 is 23.4 Å². The Morgan fingerprint density at radius 3 is 2.59 bits per heavy atom. The lowest BCUT2D eigenvalue weighted by atomic mass is 9.95. The van der Waals surface area contributed by atoms with Crippen molar-refractivity contribution < 1.29 is 27.5 Å². The van der Waals surface area contributed by atoms with Crippen LogP contribution in [0.3, 0.4) is 0 Å². The average molecular weight is 550 g/mol. The molecular formula is C28H38F3N5O3. The summed E-state index contributed by atoms with van der Waals surface area (Å²) in [6, 6.07) is 5.70. The van der Waals surface area contributed by atoms with Gasteiger partial charge in [-0.1, -0.05) is 19.1 Å². The zero-order valence-corrected chi connectivity index (χ0v) is 22.6. The fourth-order valence-corrected chi connectivity index (χ4v) is 6.21. The van der Waals surface area contributed by atoms with Gasteiger partial charge < -0.3 is 9.64 Å². The third-order valence-corrected chi connectivity index (χ3v) is 8.32. The molecule has 0 aromatic heterocycles. The molecular weight excluding hydrogens is 511 g/mol. The molecule has 11 heteroatoms. The van der Waals surface area contributed by atoms with Crippen LogP contribution in [0, 0.1) is 5.92 Å². The number of benzene rings is 1. The number of ether oxygens (including phenoxy) is 1. The molecule has 0 radical (unpaired) electrons. The van der Waals surface area contributed by atoms with Crippen molar-refractivity contribution in [3.8, 4) is 0 Å². The highest BCUT2D eigenvalue weighted by Crippen LogP contribution is 2.42. The first-order valence-corrected chi connectivity index (χ1v) is 14.0. The smallest absolute Gasteiger partial charge is 0.416 e. The van der Waals surface area contributed by atoms with Crippen molar-refractivity contribution in [2.75, 3.05) is 42.5 Å². The van der Waals surface area contributed by atoms with Crippen molar-refractivity contribution in [2.24, 2.45) is 5.92 Å². The number of alkyl halides is 3. The number of carbonyl (C=O) groups is 2. The molecule has 3 fully saturated rings. The fourth-order valence-electron chi connectivity index (χ4n) is 6.21. The summed E-state index contributed by atoms with van der Waals surface area (Å²) in [6.45, 7) is 9.69. The van der Waals surface area contributed by atoms with Crippen LogP contribution in [-0.4, -0.2) is 79.1 Å².